The summed E-state index contributed by atoms with van der Waals surface area (Å²) in [6, 6.07) is 4.11. The summed E-state index contributed by atoms with van der Waals surface area (Å²) in [5, 5.41) is 8.18. The minimum Gasteiger partial charge on any atom is -0.313 e. The molecule has 0 aliphatic heterocycles. The van der Waals surface area contributed by atoms with Crippen LogP contribution in [0, 0.1) is 6.92 Å². The van der Waals surface area contributed by atoms with Crippen LogP contribution in [0.2, 0.25) is 0 Å². The van der Waals surface area contributed by atoms with Crippen LogP contribution in [0.3, 0.4) is 0 Å². The molecule has 2 aromatic heterocycles. The minimum atomic E-state index is 1.02. The average Bonchev–Trinajstić information content (AvgIpc) is 2.57. The zero-order valence-electron chi connectivity index (χ0n) is 8.23. The highest BCUT2D eigenvalue weighted by Crippen LogP contribution is 2.09. The molecular formula is C10H12N4. The highest BCUT2D eigenvalue weighted by atomic mass is 15.3. The Morgan fingerprint density at radius 2 is 2.43 bits per heavy atom. The fourth-order valence-corrected chi connectivity index (χ4v) is 1.34. The first-order valence-corrected chi connectivity index (χ1v) is 4.45. The number of nitrogens with zero attached hydrogens (tertiary/aromatic N) is 3. The predicted octanol–water partition coefficient (Wildman–Crippen LogP) is 1.20. The van der Waals surface area contributed by atoms with Crippen molar-refractivity contribution in [1.82, 2.24) is 15.0 Å². The van der Waals surface area contributed by atoms with Gasteiger partial charge in [0.1, 0.15) is 0 Å². The Bertz CT molecular complexity index is 470. The van der Waals surface area contributed by atoms with Gasteiger partial charge in [-0.3, -0.25) is 0 Å². The van der Waals surface area contributed by atoms with Crippen molar-refractivity contribution in [3.63, 3.8) is 0 Å². The summed E-state index contributed by atoms with van der Waals surface area (Å²) in [6.07, 6.45) is 5.51. The summed E-state index contributed by atoms with van der Waals surface area (Å²) in [5.74, 6) is 0. The van der Waals surface area contributed by atoms with Crippen LogP contribution >= 0.6 is 0 Å². The first-order chi connectivity index (χ1) is 6.81. The quantitative estimate of drug-likeness (QED) is 0.568. The van der Waals surface area contributed by atoms with Gasteiger partial charge in [0.25, 0.3) is 0 Å². The summed E-state index contributed by atoms with van der Waals surface area (Å²) in [5.41, 5.74) is 6.03. The van der Waals surface area contributed by atoms with Crippen molar-refractivity contribution in [3.05, 3.63) is 35.7 Å². The molecule has 0 amide bonds. The van der Waals surface area contributed by atoms with Crippen LogP contribution in [0.4, 0.5) is 0 Å². The topological polar surface area (TPSA) is 41.7 Å². The molecule has 2 heterocycles. The zero-order valence-corrected chi connectivity index (χ0v) is 8.23. The van der Waals surface area contributed by atoms with E-state index in [0.29, 0.717) is 0 Å². The molecule has 0 aromatic carbocycles. The van der Waals surface area contributed by atoms with Crippen LogP contribution in [0.15, 0.2) is 29.6 Å². The van der Waals surface area contributed by atoms with E-state index in [1.807, 2.05) is 16.8 Å². The van der Waals surface area contributed by atoms with E-state index in [-0.39, 0.29) is 0 Å². The van der Waals surface area contributed by atoms with Crippen LogP contribution in [0.5, 0.6) is 0 Å². The van der Waals surface area contributed by atoms with E-state index in [1.165, 1.54) is 5.56 Å². The third kappa shape index (κ3) is 1.46. The molecule has 14 heavy (non-hydrogen) atoms. The summed E-state index contributed by atoms with van der Waals surface area (Å²) >= 11 is 0. The normalized spacial score (nSPS) is 11.3. The monoisotopic (exact) mass is 188 g/mol. The summed E-state index contributed by atoms with van der Waals surface area (Å²) in [7, 11) is 1.77. The van der Waals surface area contributed by atoms with Gasteiger partial charge in [-0.2, -0.15) is 10.2 Å². The Balaban J connectivity index is 2.55. The molecule has 72 valence electrons. The molecule has 1 N–H and O–H groups in total. The highest BCUT2D eigenvalue weighted by Gasteiger charge is 2.00. The number of nitrogens with one attached hydrogen (secondary N) is 1. The maximum Gasteiger partial charge on any atom is 0.0752 e. The van der Waals surface area contributed by atoms with Crippen LogP contribution in [0.1, 0.15) is 11.1 Å². The molecule has 2 aromatic rings. The van der Waals surface area contributed by atoms with Gasteiger partial charge < -0.3 is 5.43 Å². The second-order valence-corrected chi connectivity index (χ2v) is 3.12. The molecule has 0 radical (unpaired) electrons. The number of fused-ring (bicyclic) bond motifs is 1. The third-order valence-electron chi connectivity index (χ3n) is 2.04. The SMILES string of the molecule is CN/N=C/c1cnn2ccc(C)cc12. The zero-order chi connectivity index (χ0) is 9.97. The van der Waals surface area contributed by atoms with E-state index in [4.69, 9.17) is 0 Å². The first kappa shape index (κ1) is 8.74. The van der Waals surface area contributed by atoms with Gasteiger partial charge in [0.05, 0.1) is 17.9 Å². The molecule has 0 bridgehead atoms. The predicted molar refractivity (Wildman–Crippen MR) is 56.6 cm³/mol. The molecule has 0 spiro atoms. The highest BCUT2D eigenvalue weighted by molar-refractivity contribution is 5.88. The summed E-state index contributed by atoms with van der Waals surface area (Å²) in [4.78, 5) is 0. The molecule has 4 nitrogen and oxygen atoms in total. The van der Waals surface area contributed by atoms with Gasteiger partial charge in [0.2, 0.25) is 0 Å². The number of hydrogen-bond acceptors (Lipinski definition) is 3. The molecule has 0 aliphatic rings. The Morgan fingerprint density at radius 1 is 1.57 bits per heavy atom. The third-order valence-corrected chi connectivity index (χ3v) is 2.04. The van der Waals surface area contributed by atoms with Gasteiger partial charge in [-0.1, -0.05) is 0 Å². The van der Waals surface area contributed by atoms with Crippen molar-refractivity contribution in [2.24, 2.45) is 5.10 Å². The number of hydrazone groups is 1. The number of hydrogen-bond donors (Lipinski definition) is 1. The van der Waals surface area contributed by atoms with Crippen molar-refractivity contribution < 1.29 is 0 Å². The van der Waals surface area contributed by atoms with Gasteiger partial charge in [-0.15, -0.1) is 0 Å². The standard InChI is InChI=1S/C10H12N4/c1-8-3-4-14-10(5-8)9(7-13-14)6-12-11-2/h3-7,11H,1-2H3/b12-6+. The van der Waals surface area contributed by atoms with Crippen LogP contribution < -0.4 is 5.43 Å². The lowest BCUT2D eigenvalue weighted by Crippen LogP contribution is -1.94. The lowest BCUT2D eigenvalue weighted by Gasteiger charge is -1.95. The molecule has 0 fully saturated rings. The lowest BCUT2D eigenvalue weighted by atomic mass is 10.2. The van der Waals surface area contributed by atoms with E-state index in [9.17, 15) is 0 Å². The molecule has 4 heteroatoms. The molecular weight excluding hydrogens is 176 g/mol. The van der Waals surface area contributed by atoms with E-state index < -0.39 is 0 Å². The van der Waals surface area contributed by atoms with Gasteiger partial charge >= 0.3 is 0 Å². The second-order valence-electron chi connectivity index (χ2n) is 3.12. The number of aryl methyl sites for hydroxylation is 1. The van der Waals surface area contributed by atoms with Crippen molar-refractivity contribution in [2.75, 3.05) is 7.05 Å². The largest absolute Gasteiger partial charge is 0.313 e. The van der Waals surface area contributed by atoms with E-state index >= 15 is 0 Å². The van der Waals surface area contributed by atoms with Crippen LogP contribution in [0.25, 0.3) is 5.52 Å². The maximum absolute atomic E-state index is 4.21. The number of aromatic nitrogens is 2. The lowest BCUT2D eigenvalue weighted by molar-refractivity contribution is 0.908. The Kier molecular flexibility index (Phi) is 2.18. The molecule has 0 saturated carbocycles. The maximum atomic E-state index is 4.21. The Labute approximate surface area is 82.2 Å². The molecule has 2 rings (SSSR count). The second kappa shape index (κ2) is 3.49. The summed E-state index contributed by atoms with van der Waals surface area (Å²) in [6.45, 7) is 2.06. The average molecular weight is 188 g/mol. The van der Waals surface area contributed by atoms with Crippen molar-refractivity contribution >= 4 is 11.7 Å². The molecule has 0 saturated heterocycles. The van der Waals surface area contributed by atoms with Gasteiger partial charge in [0.15, 0.2) is 0 Å². The van der Waals surface area contributed by atoms with E-state index in [0.717, 1.165) is 11.1 Å². The summed E-state index contributed by atoms with van der Waals surface area (Å²) < 4.78 is 1.84. The molecule has 0 atom stereocenters. The van der Waals surface area contributed by atoms with Crippen molar-refractivity contribution in [3.8, 4) is 0 Å². The molecule has 0 unspecified atom stereocenters. The fraction of sp³-hybridized carbons (Fsp3) is 0.200. The number of pyridine rings is 1. The number of rotatable bonds is 2. The van der Waals surface area contributed by atoms with Crippen LogP contribution in [-0.2, 0) is 0 Å². The van der Waals surface area contributed by atoms with E-state index in [2.05, 4.69) is 28.6 Å². The first-order valence-electron chi connectivity index (χ1n) is 4.45. The van der Waals surface area contributed by atoms with Gasteiger partial charge in [-0.05, 0) is 24.6 Å². The Morgan fingerprint density at radius 3 is 3.21 bits per heavy atom. The van der Waals surface area contributed by atoms with E-state index in [1.54, 1.807) is 19.5 Å². The van der Waals surface area contributed by atoms with Crippen molar-refractivity contribution in [1.29, 1.82) is 0 Å². The minimum absolute atomic E-state index is 1.02. The Hall–Kier alpha value is -1.84. The smallest absolute Gasteiger partial charge is 0.0752 e. The van der Waals surface area contributed by atoms with Gasteiger partial charge in [-0.25, -0.2) is 4.52 Å². The molecule has 0 aliphatic carbocycles. The fourth-order valence-electron chi connectivity index (χ4n) is 1.34. The van der Waals surface area contributed by atoms with Crippen LogP contribution in [-0.4, -0.2) is 22.9 Å². The van der Waals surface area contributed by atoms with Crippen molar-refractivity contribution in [2.45, 2.75) is 6.92 Å². The van der Waals surface area contributed by atoms with Gasteiger partial charge in [0, 0.05) is 18.8 Å².